The molecule has 0 saturated heterocycles. The SMILES string of the molecule is Cl.NC(CCc1ccccc1[N+](=O)[O-])C(F)(F)F. The van der Waals surface area contributed by atoms with Crippen molar-refractivity contribution >= 4 is 18.1 Å². The molecule has 0 heterocycles. The summed E-state index contributed by atoms with van der Waals surface area (Å²) in [5.41, 5.74) is 5.01. The van der Waals surface area contributed by atoms with Crippen molar-refractivity contribution in [2.45, 2.75) is 25.1 Å². The molecule has 0 amide bonds. The van der Waals surface area contributed by atoms with E-state index in [2.05, 4.69) is 0 Å². The largest absolute Gasteiger partial charge is 0.403 e. The average molecular weight is 285 g/mol. The number of alkyl halides is 3. The summed E-state index contributed by atoms with van der Waals surface area (Å²) in [5, 5.41) is 10.6. The van der Waals surface area contributed by atoms with Crippen LogP contribution in [-0.4, -0.2) is 17.1 Å². The first-order valence-corrected chi connectivity index (χ1v) is 4.87. The zero-order valence-corrected chi connectivity index (χ0v) is 10.0. The molecule has 0 aliphatic heterocycles. The fourth-order valence-corrected chi connectivity index (χ4v) is 1.38. The maximum absolute atomic E-state index is 12.2. The van der Waals surface area contributed by atoms with Crippen molar-refractivity contribution in [2.24, 2.45) is 5.73 Å². The molecule has 8 heteroatoms. The van der Waals surface area contributed by atoms with Crippen molar-refractivity contribution in [3.63, 3.8) is 0 Å². The van der Waals surface area contributed by atoms with Gasteiger partial charge in [-0.2, -0.15) is 13.2 Å². The van der Waals surface area contributed by atoms with E-state index in [4.69, 9.17) is 5.73 Å². The van der Waals surface area contributed by atoms with E-state index in [0.717, 1.165) is 0 Å². The lowest BCUT2D eigenvalue weighted by Gasteiger charge is -2.15. The number of hydrogen-bond acceptors (Lipinski definition) is 3. The highest BCUT2D eigenvalue weighted by Gasteiger charge is 2.36. The summed E-state index contributed by atoms with van der Waals surface area (Å²) in [6.45, 7) is 0. The summed E-state index contributed by atoms with van der Waals surface area (Å²) in [7, 11) is 0. The van der Waals surface area contributed by atoms with Gasteiger partial charge in [0.15, 0.2) is 0 Å². The van der Waals surface area contributed by atoms with Crippen molar-refractivity contribution in [3.8, 4) is 0 Å². The van der Waals surface area contributed by atoms with E-state index in [0.29, 0.717) is 0 Å². The van der Waals surface area contributed by atoms with Gasteiger partial charge in [-0.3, -0.25) is 10.1 Å². The lowest BCUT2D eigenvalue weighted by atomic mass is 10.0. The second-order valence-corrected chi connectivity index (χ2v) is 3.57. The number of aryl methyl sites for hydroxylation is 1. The lowest BCUT2D eigenvalue weighted by Crippen LogP contribution is -2.37. The molecule has 0 saturated carbocycles. The van der Waals surface area contributed by atoms with Gasteiger partial charge in [-0.15, -0.1) is 12.4 Å². The Kier molecular flexibility index (Phi) is 6.07. The molecule has 0 aromatic heterocycles. The van der Waals surface area contributed by atoms with Gasteiger partial charge in [-0.05, 0) is 12.8 Å². The molecule has 2 N–H and O–H groups in total. The Morgan fingerprint density at radius 1 is 1.33 bits per heavy atom. The molecule has 0 bridgehead atoms. The molecule has 102 valence electrons. The first-order valence-electron chi connectivity index (χ1n) is 4.87. The van der Waals surface area contributed by atoms with Crippen molar-refractivity contribution < 1.29 is 18.1 Å². The van der Waals surface area contributed by atoms with E-state index in [1.54, 1.807) is 6.07 Å². The standard InChI is InChI=1S/C10H11F3N2O2.ClH/c11-10(12,13)9(14)6-5-7-3-1-2-4-8(7)15(16)17;/h1-4,9H,5-6,14H2;1H. The fourth-order valence-electron chi connectivity index (χ4n) is 1.38. The van der Waals surface area contributed by atoms with Crippen LogP contribution in [0.1, 0.15) is 12.0 Å². The summed E-state index contributed by atoms with van der Waals surface area (Å²) < 4.78 is 36.5. The van der Waals surface area contributed by atoms with Crippen molar-refractivity contribution in [2.75, 3.05) is 0 Å². The number of hydrogen-bond donors (Lipinski definition) is 1. The molecule has 0 aliphatic carbocycles. The Hall–Kier alpha value is -1.34. The van der Waals surface area contributed by atoms with Crippen LogP contribution in [0.3, 0.4) is 0 Å². The Labute approximate surface area is 108 Å². The Bertz CT molecular complexity index is 412. The second-order valence-electron chi connectivity index (χ2n) is 3.57. The van der Waals surface area contributed by atoms with Crippen LogP contribution in [0.2, 0.25) is 0 Å². The Morgan fingerprint density at radius 3 is 2.39 bits per heavy atom. The zero-order chi connectivity index (χ0) is 13.1. The van der Waals surface area contributed by atoms with Gasteiger partial charge in [0.25, 0.3) is 5.69 Å². The highest BCUT2D eigenvalue weighted by atomic mass is 35.5. The first kappa shape index (κ1) is 16.7. The van der Waals surface area contributed by atoms with E-state index < -0.39 is 17.1 Å². The molecule has 1 unspecified atom stereocenters. The molecule has 18 heavy (non-hydrogen) atoms. The van der Waals surface area contributed by atoms with Crippen molar-refractivity contribution in [1.82, 2.24) is 0 Å². The summed E-state index contributed by atoms with van der Waals surface area (Å²) in [6.07, 6.45) is -4.91. The number of nitrogens with zero attached hydrogens (tertiary/aromatic N) is 1. The van der Waals surface area contributed by atoms with Gasteiger partial charge in [0.1, 0.15) is 6.04 Å². The second kappa shape index (κ2) is 6.55. The molecular formula is C10H12ClF3N2O2. The van der Waals surface area contributed by atoms with Crippen LogP contribution < -0.4 is 5.73 Å². The minimum atomic E-state index is -4.47. The van der Waals surface area contributed by atoms with Gasteiger partial charge in [0.2, 0.25) is 0 Å². The molecule has 0 aliphatic rings. The van der Waals surface area contributed by atoms with Crippen LogP contribution in [0.4, 0.5) is 18.9 Å². The maximum atomic E-state index is 12.2. The monoisotopic (exact) mass is 284 g/mol. The van der Waals surface area contributed by atoms with Crippen molar-refractivity contribution in [1.29, 1.82) is 0 Å². The molecule has 0 fully saturated rings. The summed E-state index contributed by atoms with van der Waals surface area (Å²) in [4.78, 5) is 10.00. The summed E-state index contributed by atoms with van der Waals surface area (Å²) >= 11 is 0. The van der Waals surface area contributed by atoms with Gasteiger partial charge in [0, 0.05) is 11.6 Å². The normalized spacial score (nSPS) is 12.7. The van der Waals surface area contributed by atoms with Crippen LogP contribution in [0.15, 0.2) is 24.3 Å². The van der Waals surface area contributed by atoms with E-state index in [1.807, 2.05) is 0 Å². The van der Waals surface area contributed by atoms with E-state index in [1.165, 1.54) is 18.2 Å². The number of nitro groups is 1. The summed E-state index contributed by atoms with van der Waals surface area (Å²) in [5.74, 6) is 0. The topological polar surface area (TPSA) is 69.2 Å². The Balaban J connectivity index is 0.00000289. The highest BCUT2D eigenvalue weighted by molar-refractivity contribution is 5.85. The fraction of sp³-hybridized carbons (Fsp3) is 0.400. The minimum Gasteiger partial charge on any atom is -0.320 e. The molecule has 1 atom stereocenters. The molecule has 1 rings (SSSR count). The van der Waals surface area contributed by atoms with Crippen LogP contribution in [0.25, 0.3) is 0 Å². The quantitative estimate of drug-likeness (QED) is 0.683. The van der Waals surface area contributed by atoms with Crippen LogP contribution in [-0.2, 0) is 6.42 Å². The molecule has 0 radical (unpaired) electrons. The number of halogens is 4. The summed E-state index contributed by atoms with van der Waals surface area (Å²) in [6, 6.07) is 3.74. The number of nitro benzene ring substituents is 1. The average Bonchev–Trinajstić information content (AvgIpc) is 2.24. The van der Waals surface area contributed by atoms with Crippen LogP contribution in [0, 0.1) is 10.1 Å². The molecule has 1 aromatic carbocycles. The van der Waals surface area contributed by atoms with Gasteiger partial charge < -0.3 is 5.73 Å². The van der Waals surface area contributed by atoms with Gasteiger partial charge in [-0.25, -0.2) is 0 Å². The predicted molar refractivity (Wildman–Crippen MR) is 62.7 cm³/mol. The molecular weight excluding hydrogens is 273 g/mol. The smallest absolute Gasteiger partial charge is 0.320 e. The first-order chi connectivity index (χ1) is 7.82. The van der Waals surface area contributed by atoms with Gasteiger partial charge in [0.05, 0.1) is 4.92 Å². The predicted octanol–water partition coefficient (Wildman–Crippen LogP) is 2.84. The molecule has 0 spiro atoms. The number of rotatable bonds is 4. The third-order valence-electron chi connectivity index (χ3n) is 2.33. The third kappa shape index (κ3) is 4.50. The van der Waals surface area contributed by atoms with Gasteiger partial charge >= 0.3 is 6.18 Å². The number of benzene rings is 1. The third-order valence-corrected chi connectivity index (χ3v) is 2.33. The molecule has 1 aromatic rings. The van der Waals surface area contributed by atoms with E-state index in [9.17, 15) is 23.3 Å². The lowest BCUT2D eigenvalue weighted by molar-refractivity contribution is -0.385. The van der Waals surface area contributed by atoms with E-state index >= 15 is 0 Å². The van der Waals surface area contributed by atoms with Crippen molar-refractivity contribution in [3.05, 3.63) is 39.9 Å². The number of para-hydroxylation sites is 1. The maximum Gasteiger partial charge on any atom is 0.403 e. The van der Waals surface area contributed by atoms with E-state index in [-0.39, 0.29) is 36.5 Å². The van der Waals surface area contributed by atoms with Crippen LogP contribution >= 0.6 is 12.4 Å². The highest BCUT2D eigenvalue weighted by Crippen LogP contribution is 2.24. The Morgan fingerprint density at radius 2 is 1.89 bits per heavy atom. The molecule has 4 nitrogen and oxygen atoms in total. The van der Waals surface area contributed by atoms with Gasteiger partial charge in [-0.1, -0.05) is 18.2 Å². The minimum absolute atomic E-state index is 0. The zero-order valence-electron chi connectivity index (χ0n) is 9.18. The van der Waals surface area contributed by atoms with Crippen LogP contribution in [0.5, 0.6) is 0 Å². The number of nitrogens with two attached hydrogens (primary N) is 1.